The van der Waals surface area contributed by atoms with Crippen LogP contribution < -0.4 is 15.4 Å². The van der Waals surface area contributed by atoms with E-state index in [-0.39, 0.29) is 5.69 Å². The van der Waals surface area contributed by atoms with Crippen molar-refractivity contribution in [3.8, 4) is 5.75 Å². The number of carboxylic acids is 1. The topological polar surface area (TPSA) is 122 Å². The molecule has 0 spiro atoms. The van der Waals surface area contributed by atoms with Gasteiger partial charge in [0, 0.05) is 16.0 Å². The zero-order valence-electron chi connectivity index (χ0n) is 20.2. The van der Waals surface area contributed by atoms with Crippen LogP contribution in [0, 0.1) is 13.8 Å². The van der Waals surface area contributed by atoms with Crippen molar-refractivity contribution < 1.29 is 14.6 Å². The van der Waals surface area contributed by atoms with Crippen LogP contribution in [0.3, 0.4) is 0 Å². The number of benzene rings is 2. The normalized spacial score (nSPS) is 11.0. The summed E-state index contributed by atoms with van der Waals surface area (Å²) in [7, 11) is 0. The van der Waals surface area contributed by atoms with Gasteiger partial charge in [-0.05, 0) is 51.0 Å². The molecule has 0 atom stereocenters. The molecule has 11 heteroatoms. The second-order valence-electron chi connectivity index (χ2n) is 8.24. The summed E-state index contributed by atoms with van der Waals surface area (Å²) in [4.78, 5) is 21.4. The van der Waals surface area contributed by atoms with Crippen molar-refractivity contribution >= 4 is 60.8 Å². The molecule has 9 nitrogen and oxygen atoms in total. The van der Waals surface area contributed by atoms with Gasteiger partial charge in [-0.1, -0.05) is 41.7 Å². The molecule has 2 aromatic carbocycles. The van der Waals surface area contributed by atoms with Gasteiger partial charge in [-0.2, -0.15) is 0 Å². The predicted molar refractivity (Wildman–Crippen MR) is 147 cm³/mol. The van der Waals surface area contributed by atoms with E-state index in [1.165, 1.54) is 11.3 Å². The van der Waals surface area contributed by atoms with Crippen LogP contribution in [0.15, 0.2) is 54.6 Å². The largest absolute Gasteiger partial charge is 0.494 e. The van der Waals surface area contributed by atoms with Gasteiger partial charge >= 0.3 is 5.97 Å². The maximum atomic E-state index is 11.8. The summed E-state index contributed by atoms with van der Waals surface area (Å²) < 4.78 is 6.81. The molecular weight excluding hydrogens is 508 g/mol. The van der Waals surface area contributed by atoms with Gasteiger partial charge in [-0.3, -0.25) is 0 Å². The highest BCUT2D eigenvalue weighted by molar-refractivity contribution is 7.22. The lowest BCUT2D eigenvalue weighted by atomic mass is 10.2. The van der Waals surface area contributed by atoms with Crippen molar-refractivity contribution in [3.05, 3.63) is 76.3 Å². The van der Waals surface area contributed by atoms with Crippen LogP contribution in [0.1, 0.15) is 32.9 Å². The zero-order chi connectivity index (χ0) is 25.8. The summed E-state index contributed by atoms with van der Waals surface area (Å²) >= 11 is 2.85. The molecule has 0 aliphatic carbocycles. The molecule has 37 heavy (non-hydrogen) atoms. The number of nitrogens with zero attached hydrogens (tertiary/aromatic N) is 4. The Morgan fingerprint density at radius 1 is 0.892 bits per heavy atom. The molecule has 0 saturated heterocycles. The number of para-hydroxylation sites is 2. The molecule has 3 aromatic heterocycles. The van der Waals surface area contributed by atoms with Crippen molar-refractivity contribution in [1.82, 2.24) is 20.2 Å². The van der Waals surface area contributed by atoms with E-state index in [4.69, 9.17) is 4.74 Å². The quantitative estimate of drug-likeness (QED) is 0.176. The van der Waals surface area contributed by atoms with Crippen LogP contribution >= 0.6 is 22.7 Å². The van der Waals surface area contributed by atoms with Crippen molar-refractivity contribution in [3.63, 3.8) is 0 Å². The molecule has 0 radical (unpaired) electrons. The van der Waals surface area contributed by atoms with Crippen LogP contribution in [0.2, 0.25) is 0 Å². The molecule has 3 N–H and O–H groups in total. The average molecular weight is 533 g/mol. The number of thiazole rings is 2. The number of carboxylic acid groups (broad SMARTS) is 1. The number of anilines is 4. The maximum absolute atomic E-state index is 11.8. The first-order valence-corrected chi connectivity index (χ1v) is 13.3. The number of rotatable bonds is 10. The Morgan fingerprint density at radius 3 is 2.22 bits per heavy atom. The Hall–Kier alpha value is -4.09. The zero-order valence-corrected chi connectivity index (χ0v) is 21.8. The van der Waals surface area contributed by atoms with Crippen molar-refractivity contribution in [2.24, 2.45) is 0 Å². The Bertz CT molecular complexity index is 1520. The highest BCUT2D eigenvalue weighted by Crippen LogP contribution is 2.32. The third kappa shape index (κ3) is 5.68. The van der Waals surface area contributed by atoms with Crippen LogP contribution in [0.25, 0.3) is 10.2 Å². The van der Waals surface area contributed by atoms with Gasteiger partial charge < -0.3 is 20.5 Å². The van der Waals surface area contributed by atoms with Crippen molar-refractivity contribution in [2.45, 2.75) is 26.7 Å². The summed E-state index contributed by atoms with van der Waals surface area (Å²) in [5.41, 5.74) is 2.76. The smallest absolute Gasteiger partial charge is 0.355 e. The van der Waals surface area contributed by atoms with Gasteiger partial charge in [0.05, 0.1) is 16.8 Å². The van der Waals surface area contributed by atoms with E-state index < -0.39 is 5.97 Å². The Balaban J connectivity index is 1.27. The molecule has 5 rings (SSSR count). The summed E-state index contributed by atoms with van der Waals surface area (Å²) in [6.45, 7) is 4.37. The standard InChI is InChI=1S/C26H24N6O3S2/c1-15-16(2)23(32-31-22(15)29-25-27-18-11-6-7-12-19(18)36-25)30-26-28-21(24(33)34)20(37-26)13-8-14-35-17-9-4-3-5-10-17/h3-7,9-12H,8,13-14H2,1-2H3,(H,33,34)(H,27,29,31)(H,28,30,32). The van der Waals surface area contributed by atoms with E-state index in [2.05, 4.69) is 30.8 Å². The molecule has 0 saturated carbocycles. The average Bonchev–Trinajstić information content (AvgIpc) is 3.50. The fourth-order valence-corrected chi connectivity index (χ4v) is 5.51. The molecule has 0 aliphatic heterocycles. The van der Waals surface area contributed by atoms with Gasteiger partial charge in [0.25, 0.3) is 0 Å². The van der Waals surface area contributed by atoms with Gasteiger partial charge in [0.15, 0.2) is 27.6 Å². The number of ether oxygens (including phenoxy) is 1. The molecule has 188 valence electrons. The predicted octanol–water partition coefficient (Wildman–Crippen LogP) is 6.36. The first-order valence-electron chi connectivity index (χ1n) is 11.6. The molecule has 0 unspecified atom stereocenters. The fraction of sp³-hybridized carbons (Fsp3) is 0.192. The van der Waals surface area contributed by atoms with Crippen LogP contribution in [-0.2, 0) is 6.42 Å². The van der Waals surface area contributed by atoms with E-state index in [1.807, 2.05) is 68.4 Å². The van der Waals surface area contributed by atoms with Gasteiger partial charge in [0.1, 0.15) is 5.75 Å². The number of carbonyl (C=O) groups is 1. The van der Waals surface area contributed by atoms with Gasteiger partial charge in [-0.15, -0.1) is 21.5 Å². The number of hydrogen-bond donors (Lipinski definition) is 3. The fourth-order valence-electron chi connectivity index (χ4n) is 3.65. The minimum Gasteiger partial charge on any atom is -0.494 e. The Kier molecular flexibility index (Phi) is 7.24. The molecule has 0 fully saturated rings. The van der Waals surface area contributed by atoms with Crippen LogP contribution in [0.5, 0.6) is 5.75 Å². The van der Waals surface area contributed by atoms with E-state index in [9.17, 15) is 9.90 Å². The molecule has 5 aromatic rings. The minimum absolute atomic E-state index is 0.0451. The minimum atomic E-state index is -1.06. The number of nitrogens with one attached hydrogen (secondary N) is 2. The van der Waals surface area contributed by atoms with E-state index in [1.54, 1.807) is 11.3 Å². The lowest BCUT2D eigenvalue weighted by Gasteiger charge is -2.11. The first-order chi connectivity index (χ1) is 18.0. The van der Waals surface area contributed by atoms with E-state index in [0.717, 1.165) is 32.2 Å². The lowest BCUT2D eigenvalue weighted by Crippen LogP contribution is -2.06. The van der Waals surface area contributed by atoms with E-state index in [0.29, 0.717) is 41.1 Å². The molecule has 0 amide bonds. The van der Waals surface area contributed by atoms with Gasteiger partial charge in [0.2, 0.25) is 0 Å². The lowest BCUT2D eigenvalue weighted by molar-refractivity contribution is 0.0690. The third-order valence-corrected chi connectivity index (χ3v) is 7.71. The second kappa shape index (κ2) is 10.9. The summed E-state index contributed by atoms with van der Waals surface area (Å²) in [5, 5.41) is 25.9. The van der Waals surface area contributed by atoms with Gasteiger partial charge in [-0.25, -0.2) is 14.8 Å². The number of aryl methyl sites for hydroxylation is 1. The molecule has 0 bridgehead atoms. The number of hydrogen-bond acceptors (Lipinski definition) is 10. The molecule has 3 heterocycles. The van der Waals surface area contributed by atoms with E-state index >= 15 is 0 Å². The van der Waals surface area contributed by atoms with Crippen LogP contribution in [-0.4, -0.2) is 37.8 Å². The number of aromatic carboxylic acids is 1. The summed E-state index contributed by atoms with van der Waals surface area (Å²) in [6.07, 6.45) is 1.21. The maximum Gasteiger partial charge on any atom is 0.355 e. The highest BCUT2D eigenvalue weighted by atomic mass is 32.1. The summed E-state index contributed by atoms with van der Waals surface area (Å²) in [5.74, 6) is 0.874. The monoisotopic (exact) mass is 532 g/mol. The SMILES string of the molecule is Cc1c(Nc2nc(C(=O)O)c(CCCOc3ccccc3)s2)nnc(Nc2nc3ccccc3s2)c1C. The third-order valence-electron chi connectivity index (χ3n) is 5.73. The van der Waals surface area contributed by atoms with Crippen LogP contribution in [0.4, 0.5) is 21.9 Å². The highest BCUT2D eigenvalue weighted by Gasteiger charge is 2.19. The number of fused-ring (bicyclic) bond motifs is 1. The Morgan fingerprint density at radius 2 is 1.54 bits per heavy atom. The second-order valence-corrected chi connectivity index (χ2v) is 10.4. The van der Waals surface area contributed by atoms with Crippen molar-refractivity contribution in [1.29, 1.82) is 0 Å². The molecular formula is C26H24N6O3S2. The first kappa shape index (κ1) is 24.6. The summed E-state index contributed by atoms with van der Waals surface area (Å²) in [6, 6.07) is 17.5. The molecule has 0 aliphatic rings. The van der Waals surface area contributed by atoms with Crippen molar-refractivity contribution in [2.75, 3.05) is 17.2 Å². The Labute approximate surface area is 221 Å². The number of aromatic nitrogens is 4.